The summed E-state index contributed by atoms with van der Waals surface area (Å²) in [7, 11) is 0. The normalized spacial score (nSPS) is 13.2. The third kappa shape index (κ3) is 8.63. The van der Waals surface area contributed by atoms with Gasteiger partial charge >= 0.3 is 11.9 Å². The topological polar surface area (TPSA) is 76.1 Å². The lowest BCUT2D eigenvalue weighted by Crippen LogP contribution is -2.38. The maximum atomic E-state index is 12.2. The number of aliphatic hydroxyl groups excluding tert-OH is 1. The van der Waals surface area contributed by atoms with E-state index in [2.05, 4.69) is 25.3 Å². The predicted octanol–water partition coefficient (Wildman–Crippen LogP) is 3.21. The molecule has 0 amide bonds. The zero-order valence-corrected chi connectivity index (χ0v) is 17.0. The SMILES string of the molecule is C=C(C)C(=O)O/C(=C(/C)C(=O)OCCO)C(C)N(CCCC)CCCC. The Bertz CT molecular complexity index is 490. The van der Waals surface area contributed by atoms with E-state index in [4.69, 9.17) is 14.6 Å². The van der Waals surface area contributed by atoms with E-state index in [9.17, 15) is 9.59 Å². The van der Waals surface area contributed by atoms with Crippen molar-refractivity contribution in [3.05, 3.63) is 23.5 Å². The van der Waals surface area contributed by atoms with Gasteiger partial charge in [0.2, 0.25) is 0 Å². The molecule has 0 fully saturated rings. The second-order valence-corrected chi connectivity index (χ2v) is 6.44. The molecule has 0 aromatic carbocycles. The van der Waals surface area contributed by atoms with E-state index in [0.717, 1.165) is 38.8 Å². The van der Waals surface area contributed by atoms with E-state index in [0.29, 0.717) is 0 Å². The van der Waals surface area contributed by atoms with Crippen LogP contribution in [0.1, 0.15) is 60.3 Å². The molecule has 0 aliphatic rings. The Hall–Kier alpha value is -1.66. The van der Waals surface area contributed by atoms with E-state index < -0.39 is 11.9 Å². The molecule has 0 aromatic heterocycles. The van der Waals surface area contributed by atoms with Gasteiger partial charge in [-0.15, -0.1) is 0 Å². The van der Waals surface area contributed by atoms with Crippen molar-refractivity contribution >= 4 is 11.9 Å². The maximum absolute atomic E-state index is 12.2. The van der Waals surface area contributed by atoms with Crippen molar-refractivity contribution in [1.29, 1.82) is 0 Å². The molecule has 0 aliphatic carbocycles. The van der Waals surface area contributed by atoms with E-state index in [1.54, 1.807) is 13.8 Å². The molecule has 0 heterocycles. The first kappa shape index (κ1) is 24.3. The van der Waals surface area contributed by atoms with Gasteiger partial charge in [0.05, 0.1) is 18.2 Å². The summed E-state index contributed by atoms with van der Waals surface area (Å²) in [6.07, 6.45) is 4.14. The first-order chi connectivity index (χ1) is 12.3. The molecule has 0 bridgehead atoms. The Balaban J connectivity index is 5.65. The van der Waals surface area contributed by atoms with Crippen molar-refractivity contribution < 1.29 is 24.2 Å². The van der Waals surface area contributed by atoms with Gasteiger partial charge in [0, 0.05) is 5.57 Å². The lowest BCUT2D eigenvalue weighted by Gasteiger charge is -2.31. The number of aliphatic hydroxyl groups is 1. The molecule has 0 saturated heterocycles. The highest BCUT2D eigenvalue weighted by molar-refractivity contribution is 5.91. The van der Waals surface area contributed by atoms with Crippen LogP contribution < -0.4 is 0 Å². The molecule has 1 N–H and O–H groups in total. The minimum absolute atomic E-state index is 0.0956. The summed E-state index contributed by atoms with van der Waals surface area (Å²) in [6.45, 7) is 14.3. The second kappa shape index (κ2) is 13.5. The van der Waals surface area contributed by atoms with Gasteiger partial charge in [-0.25, -0.2) is 9.59 Å². The Morgan fingerprint density at radius 1 is 1.08 bits per heavy atom. The van der Waals surface area contributed by atoms with Gasteiger partial charge in [-0.3, -0.25) is 4.90 Å². The Morgan fingerprint density at radius 2 is 1.62 bits per heavy atom. The monoisotopic (exact) mass is 369 g/mol. The van der Waals surface area contributed by atoms with Crippen LogP contribution in [0.5, 0.6) is 0 Å². The van der Waals surface area contributed by atoms with Crippen LogP contribution in [0.25, 0.3) is 0 Å². The number of hydrogen-bond donors (Lipinski definition) is 1. The van der Waals surface area contributed by atoms with Crippen LogP contribution in [0, 0.1) is 0 Å². The van der Waals surface area contributed by atoms with Crippen molar-refractivity contribution in [2.45, 2.75) is 66.3 Å². The van der Waals surface area contributed by atoms with E-state index in [1.807, 2.05) is 6.92 Å². The number of esters is 2. The zero-order valence-electron chi connectivity index (χ0n) is 17.0. The smallest absolute Gasteiger partial charge is 0.338 e. The molecule has 0 radical (unpaired) electrons. The molecule has 0 aromatic rings. The molecule has 1 atom stereocenters. The average Bonchev–Trinajstić information content (AvgIpc) is 2.62. The molecule has 26 heavy (non-hydrogen) atoms. The van der Waals surface area contributed by atoms with Crippen LogP contribution in [-0.4, -0.2) is 54.3 Å². The fourth-order valence-electron chi connectivity index (χ4n) is 2.40. The Morgan fingerprint density at radius 3 is 2.04 bits per heavy atom. The highest BCUT2D eigenvalue weighted by atomic mass is 16.6. The number of ether oxygens (including phenoxy) is 2. The summed E-state index contributed by atoms with van der Waals surface area (Å²) >= 11 is 0. The van der Waals surface area contributed by atoms with Crippen LogP contribution in [0.3, 0.4) is 0 Å². The zero-order chi connectivity index (χ0) is 20.1. The molecular weight excluding hydrogens is 334 g/mol. The van der Waals surface area contributed by atoms with Gasteiger partial charge < -0.3 is 14.6 Å². The van der Waals surface area contributed by atoms with E-state index in [-0.39, 0.29) is 36.2 Å². The molecule has 0 rings (SSSR count). The first-order valence-corrected chi connectivity index (χ1v) is 9.40. The van der Waals surface area contributed by atoms with Gasteiger partial charge in [0.25, 0.3) is 0 Å². The molecule has 150 valence electrons. The molecule has 0 aliphatic heterocycles. The first-order valence-electron chi connectivity index (χ1n) is 9.40. The number of unbranched alkanes of at least 4 members (excludes halogenated alkanes) is 2. The summed E-state index contributed by atoms with van der Waals surface area (Å²) < 4.78 is 10.5. The van der Waals surface area contributed by atoms with Crippen LogP contribution in [-0.2, 0) is 19.1 Å². The number of carbonyl (C=O) groups is 2. The van der Waals surface area contributed by atoms with Crippen molar-refractivity contribution in [2.75, 3.05) is 26.3 Å². The highest BCUT2D eigenvalue weighted by Gasteiger charge is 2.26. The summed E-state index contributed by atoms with van der Waals surface area (Å²) in [4.78, 5) is 26.5. The van der Waals surface area contributed by atoms with Crippen molar-refractivity contribution in [1.82, 2.24) is 4.90 Å². The molecular formula is C20H35NO5. The fraction of sp³-hybridized carbons (Fsp3) is 0.700. The van der Waals surface area contributed by atoms with Crippen LogP contribution >= 0.6 is 0 Å². The lowest BCUT2D eigenvalue weighted by molar-refractivity contribution is -0.141. The van der Waals surface area contributed by atoms with Gasteiger partial charge in [-0.2, -0.15) is 0 Å². The highest BCUT2D eigenvalue weighted by Crippen LogP contribution is 2.20. The molecule has 0 spiro atoms. The number of carbonyl (C=O) groups excluding carboxylic acids is 2. The van der Waals surface area contributed by atoms with Gasteiger partial charge in [0.1, 0.15) is 12.4 Å². The summed E-state index contributed by atoms with van der Waals surface area (Å²) in [5.41, 5.74) is 0.499. The second-order valence-electron chi connectivity index (χ2n) is 6.44. The number of rotatable bonds is 13. The van der Waals surface area contributed by atoms with Crippen molar-refractivity contribution in [2.24, 2.45) is 0 Å². The fourth-order valence-corrected chi connectivity index (χ4v) is 2.40. The predicted molar refractivity (Wildman–Crippen MR) is 103 cm³/mol. The van der Waals surface area contributed by atoms with Gasteiger partial charge in [0.15, 0.2) is 0 Å². The van der Waals surface area contributed by atoms with E-state index in [1.165, 1.54) is 0 Å². The quantitative estimate of drug-likeness (QED) is 0.305. The van der Waals surface area contributed by atoms with Crippen molar-refractivity contribution in [3.63, 3.8) is 0 Å². The molecule has 6 nitrogen and oxygen atoms in total. The Labute approximate surface area is 157 Å². The van der Waals surface area contributed by atoms with Crippen LogP contribution in [0.15, 0.2) is 23.5 Å². The summed E-state index contributed by atoms with van der Waals surface area (Å²) in [5.74, 6) is -0.874. The summed E-state index contributed by atoms with van der Waals surface area (Å²) in [6, 6.07) is -0.252. The van der Waals surface area contributed by atoms with Crippen LogP contribution in [0.2, 0.25) is 0 Å². The van der Waals surface area contributed by atoms with Crippen LogP contribution in [0.4, 0.5) is 0 Å². The third-order valence-electron chi connectivity index (χ3n) is 4.08. The largest absolute Gasteiger partial charge is 0.460 e. The minimum atomic E-state index is -0.596. The molecule has 0 saturated carbocycles. The van der Waals surface area contributed by atoms with Gasteiger partial charge in [-0.05, 0) is 46.7 Å². The minimum Gasteiger partial charge on any atom is -0.460 e. The Kier molecular flexibility index (Phi) is 12.7. The third-order valence-corrected chi connectivity index (χ3v) is 4.08. The van der Waals surface area contributed by atoms with Crippen molar-refractivity contribution in [3.8, 4) is 0 Å². The average molecular weight is 370 g/mol. The standard InChI is InChI=1S/C20H35NO5/c1-7-9-11-21(12-10-8-2)17(6)18(26-19(23)15(3)4)16(5)20(24)25-14-13-22/h17,22H,3,7-14H2,1-2,4-6H3/b18-16-. The summed E-state index contributed by atoms with van der Waals surface area (Å²) in [5, 5.41) is 8.85. The molecule has 6 heteroatoms. The number of hydrogen-bond acceptors (Lipinski definition) is 6. The maximum Gasteiger partial charge on any atom is 0.338 e. The lowest BCUT2D eigenvalue weighted by atomic mass is 10.1. The number of nitrogens with zero attached hydrogens (tertiary/aromatic N) is 1. The molecule has 1 unspecified atom stereocenters. The van der Waals surface area contributed by atoms with Gasteiger partial charge in [-0.1, -0.05) is 33.3 Å². The van der Waals surface area contributed by atoms with E-state index >= 15 is 0 Å².